The largest absolute Gasteiger partial charge is 0.354 e. The van der Waals surface area contributed by atoms with Crippen LogP contribution in [-0.4, -0.2) is 101 Å². The summed E-state index contributed by atoms with van der Waals surface area (Å²) in [5.74, 6) is 4.10. The molecule has 12 heteroatoms. The summed E-state index contributed by atoms with van der Waals surface area (Å²) in [5.41, 5.74) is 0.188. The summed E-state index contributed by atoms with van der Waals surface area (Å²) in [7, 11) is 0. The van der Waals surface area contributed by atoms with E-state index in [0.717, 1.165) is 38.9 Å². The van der Waals surface area contributed by atoms with E-state index in [9.17, 15) is 0 Å². The molecule has 6 fully saturated rings. The molecular formula is C60H111N9O3. The van der Waals surface area contributed by atoms with Gasteiger partial charge in [-0.3, -0.25) is 14.5 Å². The molecule has 0 atom stereocenters. The highest BCUT2D eigenvalue weighted by Crippen LogP contribution is 2.47. The van der Waals surface area contributed by atoms with Gasteiger partial charge in [0.1, 0.15) is 0 Å². The topological polar surface area (TPSA) is 112 Å². The van der Waals surface area contributed by atoms with Crippen LogP contribution in [0, 0.1) is 17.8 Å². The van der Waals surface area contributed by atoms with E-state index in [1.54, 1.807) is 0 Å². The third kappa shape index (κ3) is 16.6. The first-order valence-electron chi connectivity index (χ1n) is 30.5. The molecule has 3 aliphatic carbocycles. The minimum Gasteiger partial charge on any atom is -0.354 e. The number of nitrogens with one attached hydrogen (secondary N) is 3. The Morgan fingerprint density at radius 2 is 0.569 bits per heavy atom. The maximum atomic E-state index is 6.80. The van der Waals surface area contributed by atoms with Gasteiger partial charge in [-0.15, -0.1) is 0 Å². The number of anilines is 3. The molecule has 3 aliphatic heterocycles. The van der Waals surface area contributed by atoms with Crippen LogP contribution in [-0.2, 0) is 14.5 Å². The third-order valence-electron chi connectivity index (χ3n) is 18.1. The first kappa shape index (κ1) is 57.9. The molecule has 414 valence electrons. The molecule has 3 saturated carbocycles. The Morgan fingerprint density at radius 3 is 0.792 bits per heavy atom. The number of rotatable bonds is 24. The van der Waals surface area contributed by atoms with Gasteiger partial charge in [-0.05, 0) is 197 Å². The molecule has 72 heavy (non-hydrogen) atoms. The SMILES string of the molecule is CC1(C)CC(CCCCNc2nc(NCCCCC3CC(C)(C)N(OC4CCCCC4)C(C)(C)C3)nc(NCCCCC3CC(C)(C)N(OC4CCCCC4)C(C)(C)C3)n2)CC(C)(C)N1OC1CCCCC1. The fourth-order valence-corrected chi connectivity index (χ4v) is 15.7. The number of hydroxylamine groups is 6. The summed E-state index contributed by atoms with van der Waals surface area (Å²) in [6.45, 7) is 31.4. The van der Waals surface area contributed by atoms with E-state index < -0.39 is 0 Å². The maximum absolute atomic E-state index is 6.80. The Hall–Kier alpha value is -1.83. The summed E-state index contributed by atoms with van der Waals surface area (Å²) in [6, 6.07) is 0. The van der Waals surface area contributed by atoms with E-state index in [0.29, 0.717) is 53.9 Å². The summed E-state index contributed by atoms with van der Waals surface area (Å²) >= 11 is 0. The zero-order chi connectivity index (χ0) is 51.6. The second-order valence-electron chi connectivity index (χ2n) is 28.3. The highest BCUT2D eigenvalue weighted by Gasteiger charge is 2.50. The third-order valence-corrected chi connectivity index (χ3v) is 18.1. The van der Waals surface area contributed by atoms with Crippen LogP contribution in [0.15, 0.2) is 0 Å². The number of unbranched alkanes of at least 4 members (excludes halogenated alkanes) is 3. The van der Waals surface area contributed by atoms with E-state index in [1.807, 2.05) is 0 Å². The van der Waals surface area contributed by atoms with Crippen LogP contribution < -0.4 is 16.0 Å². The van der Waals surface area contributed by atoms with Gasteiger partial charge < -0.3 is 16.0 Å². The normalized spacial score (nSPS) is 26.2. The van der Waals surface area contributed by atoms with E-state index in [2.05, 4.69) is 114 Å². The number of piperidine rings is 3. The van der Waals surface area contributed by atoms with Crippen LogP contribution in [0.4, 0.5) is 17.8 Å². The zero-order valence-corrected chi connectivity index (χ0v) is 48.7. The Labute approximate surface area is 441 Å². The molecule has 7 rings (SSSR count). The highest BCUT2D eigenvalue weighted by atomic mass is 16.7. The summed E-state index contributed by atoms with van der Waals surface area (Å²) < 4.78 is 0. The fourth-order valence-electron chi connectivity index (χ4n) is 15.7. The van der Waals surface area contributed by atoms with Crippen molar-refractivity contribution in [3.63, 3.8) is 0 Å². The summed E-state index contributed by atoms with van der Waals surface area (Å²) in [5, 5.41) is 18.1. The van der Waals surface area contributed by atoms with E-state index >= 15 is 0 Å². The average Bonchev–Trinajstić information content (AvgIpc) is 3.30. The molecule has 0 unspecified atom stereocenters. The quantitative estimate of drug-likeness (QED) is 0.0857. The van der Waals surface area contributed by atoms with Crippen LogP contribution in [0.5, 0.6) is 0 Å². The highest BCUT2D eigenvalue weighted by molar-refractivity contribution is 5.42. The molecule has 0 radical (unpaired) electrons. The van der Waals surface area contributed by atoms with Crippen LogP contribution in [0.2, 0.25) is 0 Å². The molecule has 4 heterocycles. The Morgan fingerprint density at radius 1 is 0.347 bits per heavy atom. The van der Waals surface area contributed by atoms with Crippen molar-refractivity contribution in [3.8, 4) is 0 Å². The lowest BCUT2D eigenvalue weighted by atomic mass is 9.73. The molecule has 12 nitrogen and oxygen atoms in total. The first-order chi connectivity index (χ1) is 34.1. The molecule has 3 N–H and O–H groups in total. The van der Waals surface area contributed by atoms with E-state index in [-0.39, 0.29) is 33.2 Å². The van der Waals surface area contributed by atoms with Crippen LogP contribution in [0.1, 0.15) is 276 Å². The van der Waals surface area contributed by atoms with E-state index in [4.69, 9.17) is 29.5 Å². The minimum atomic E-state index is 0.0313. The van der Waals surface area contributed by atoms with Crippen molar-refractivity contribution < 1.29 is 14.5 Å². The lowest BCUT2D eigenvalue weighted by Gasteiger charge is -2.55. The molecule has 1 aromatic rings. The number of aromatic nitrogens is 3. The van der Waals surface area contributed by atoms with Gasteiger partial charge in [-0.2, -0.15) is 30.1 Å². The van der Waals surface area contributed by atoms with Gasteiger partial charge in [0.05, 0.1) is 18.3 Å². The molecule has 3 saturated heterocycles. The van der Waals surface area contributed by atoms with Crippen LogP contribution in [0.3, 0.4) is 0 Å². The van der Waals surface area contributed by atoms with Gasteiger partial charge in [0, 0.05) is 52.9 Å². The minimum absolute atomic E-state index is 0.0313. The predicted octanol–water partition coefficient (Wildman–Crippen LogP) is 15.2. The first-order valence-corrected chi connectivity index (χ1v) is 30.5. The van der Waals surface area contributed by atoms with Crippen LogP contribution >= 0.6 is 0 Å². The fraction of sp³-hybridized carbons (Fsp3) is 0.950. The molecule has 0 amide bonds. The van der Waals surface area contributed by atoms with Crippen molar-refractivity contribution in [1.29, 1.82) is 0 Å². The molecule has 0 bridgehead atoms. The average molecular weight is 1010 g/mol. The van der Waals surface area contributed by atoms with E-state index in [1.165, 1.54) is 173 Å². The second-order valence-corrected chi connectivity index (χ2v) is 28.3. The van der Waals surface area contributed by atoms with Crippen molar-refractivity contribution in [1.82, 2.24) is 30.1 Å². The molecule has 6 aliphatic rings. The zero-order valence-electron chi connectivity index (χ0n) is 48.7. The Kier molecular flexibility index (Phi) is 20.5. The standard InChI is InChI=1S/C60H111N9O3/c1-55(2)40-46(41-56(3,4)67(55)70-49-31-16-13-17-32-49)28-22-25-37-61-52-64-53(62-38-26-23-29-47-42-57(5,6)68(58(7,8)43-47)71-50-33-18-14-19-34-50)66-54(65-52)63-39-27-24-30-48-44-59(9,10)69(60(11,12)45-48)72-51-35-20-15-21-36-51/h46-51H,13-45H2,1-12H3,(H3,61,62,63,64,65,66). The maximum Gasteiger partial charge on any atom is 0.229 e. The number of hydrogen-bond donors (Lipinski definition) is 3. The monoisotopic (exact) mass is 1010 g/mol. The number of nitrogens with zero attached hydrogens (tertiary/aromatic N) is 6. The van der Waals surface area contributed by atoms with Gasteiger partial charge in [0.15, 0.2) is 0 Å². The summed E-state index contributed by atoms with van der Waals surface area (Å²) in [4.78, 5) is 35.2. The van der Waals surface area contributed by atoms with Crippen molar-refractivity contribution in [2.45, 2.75) is 327 Å². The Balaban J connectivity index is 0.883. The molecule has 0 aromatic carbocycles. The lowest BCUT2D eigenvalue weighted by Crippen LogP contribution is -2.61. The van der Waals surface area contributed by atoms with Crippen molar-refractivity contribution in [2.24, 2.45) is 17.8 Å². The van der Waals surface area contributed by atoms with Crippen LogP contribution in [0.25, 0.3) is 0 Å². The van der Waals surface area contributed by atoms with Crippen molar-refractivity contribution >= 4 is 17.8 Å². The van der Waals surface area contributed by atoms with Gasteiger partial charge in [0.25, 0.3) is 0 Å². The molecular weight excluding hydrogens is 895 g/mol. The molecule has 1 aromatic heterocycles. The Bertz CT molecular complexity index is 1500. The second kappa shape index (κ2) is 25.5. The van der Waals surface area contributed by atoms with Crippen molar-refractivity contribution in [3.05, 3.63) is 0 Å². The lowest BCUT2D eigenvalue weighted by molar-refractivity contribution is -0.314. The van der Waals surface area contributed by atoms with Gasteiger partial charge >= 0.3 is 0 Å². The molecule has 0 spiro atoms. The summed E-state index contributed by atoms with van der Waals surface area (Å²) in [6.07, 6.45) is 38.0. The van der Waals surface area contributed by atoms with Crippen molar-refractivity contribution in [2.75, 3.05) is 35.6 Å². The number of hydrogen-bond acceptors (Lipinski definition) is 12. The predicted molar refractivity (Wildman–Crippen MR) is 299 cm³/mol. The van der Waals surface area contributed by atoms with Gasteiger partial charge in [0.2, 0.25) is 17.8 Å². The van der Waals surface area contributed by atoms with Gasteiger partial charge in [-0.1, -0.05) is 96.3 Å². The smallest absolute Gasteiger partial charge is 0.229 e. The van der Waals surface area contributed by atoms with Gasteiger partial charge in [-0.25, -0.2) is 0 Å².